The predicted molar refractivity (Wildman–Crippen MR) is 93.4 cm³/mol. The molecule has 3 rings (SSSR count). The number of imidazole rings is 1. The second-order valence-electron chi connectivity index (χ2n) is 5.78. The van der Waals surface area contributed by atoms with Crippen LogP contribution in [0, 0.1) is 0 Å². The van der Waals surface area contributed by atoms with E-state index in [4.69, 9.17) is 0 Å². The first-order valence-corrected chi connectivity index (χ1v) is 8.08. The monoisotopic (exact) mass is 323 g/mol. The summed E-state index contributed by atoms with van der Waals surface area (Å²) < 4.78 is 2.08. The number of amides is 1. The van der Waals surface area contributed by atoms with Crippen LogP contribution >= 0.6 is 0 Å². The van der Waals surface area contributed by atoms with E-state index in [1.807, 2.05) is 37.4 Å². The average Bonchev–Trinajstić information content (AvgIpc) is 2.95. The Morgan fingerprint density at radius 1 is 1.17 bits per heavy atom. The number of carbonyl (C=O) groups is 1. The summed E-state index contributed by atoms with van der Waals surface area (Å²) in [5.41, 5.74) is 2.69. The molecule has 1 atom stereocenters. The van der Waals surface area contributed by atoms with Gasteiger partial charge in [-0.25, -0.2) is 4.98 Å². The van der Waals surface area contributed by atoms with Crippen molar-refractivity contribution in [2.45, 2.75) is 18.9 Å². The molecule has 1 aromatic heterocycles. The van der Waals surface area contributed by atoms with E-state index in [-0.39, 0.29) is 5.91 Å². The van der Waals surface area contributed by atoms with Gasteiger partial charge in [-0.1, -0.05) is 42.5 Å². The number of fused-ring (bicyclic) bond motifs is 1. The van der Waals surface area contributed by atoms with Crippen molar-refractivity contribution >= 4 is 16.9 Å². The third kappa shape index (κ3) is 3.46. The van der Waals surface area contributed by atoms with Gasteiger partial charge in [0.1, 0.15) is 5.82 Å². The number of rotatable bonds is 6. The van der Waals surface area contributed by atoms with Gasteiger partial charge in [0.05, 0.1) is 11.0 Å². The lowest BCUT2D eigenvalue weighted by Crippen LogP contribution is -2.30. The number of hydrogen-bond donors (Lipinski definition) is 2. The van der Waals surface area contributed by atoms with Crippen LogP contribution in [0.2, 0.25) is 0 Å². The topological polar surface area (TPSA) is 67.2 Å². The maximum atomic E-state index is 12.0. The molecule has 0 saturated heterocycles. The number of para-hydroxylation sites is 2. The van der Waals surface area contributed by atoms with Crippen LogP contribution in [0.1, 0.15) is 23.9 Å². The molecule has 24 heavy (non-hydrogen) atoms. The highest BCUT2D eigenvalue weighted by molar-refractivity contribution is 5.81. The van der Waals surface area contributed by atoms with Gasteiger partial charge >= 0.3 is 0 Å². The largest absolute Gasteiger partial charge is 0.378 e. The van der Waals surface area contributed by atoms with E-state index < -0.39 is 6.10 Å². The Labute approximate surface area is 141 Å². The molecule has 0 bridgehead atoms. The zero-order chi connectivity index (χ0) is 16.9. The highest BCUT2D eigenvalue weighted by atomic mass is 16.3. The van der Waals surface area contributed by atoms with Crippen LogP contribution in [-0.4, -0.2) is 27.1 Å². The fraction of sp³-hybridized carbons (Fsp3) is 0.263. The highest BCUT2D eigenvalue weighted by Gasteiger charge is 2.16. The maximum Gasteiger partial charge on any atom is 0.253 e. The van der Waals surface area contributed by atoms with Crippen LogP contribution in [0.4, 0.5) is 0 Å². The van der Waals surface area contributed by atoms with Crippen LogP contribution in [-0.2, 0) is 18.3 Å². The molecule has 1 amide bonds. The summed E-state index contributed by atoms with van der Waals surface area (Å²) in [5, 5.41) is 12.8. The van der Waals surface area contributed by atoms with Gasteiger partial charge in [0.25, 0.3) is 5.91 Å². The van der Waals surface area contributed by atoms with Gasteiger partial charge in [-0.05, 0) is 24.1 Å². The van der Waals surface area contributed by atoms with E-state index in [1.165, 1.54) is 0 Å². The van der Waals surface area contributed by atoms with Crippen molar-refractivity contribution in [2.24, 2.45) is 7.05 Å². The van der Waals surface area contributed by atoms with E-state index in [9.17, 15) is 9.90 Å². The summed E-state index contributed by atoms with van der Waals surface area (Å²) in [6.07, 6.45) is 0.416. The van der Waals surface area contributed by atoms with E-state index in [0.717, 1.165) is 29.7 Å². The Hall–Kier alpha value is -2.66. The Morgan fingerprint density at radius 3 is 2.62 bits per heavy atom. The number of benzene rings is 2. The van der Waals surface area contributed by atoms with Crippen LogP contribution < -0.4 is 5.32 Å². The summed E-state index contributed by atoms with van der Waals surface area (Å²) in [6.45, 7) is 0.506. The Kier molecular flexibility index (Phi) is 4.91. The number of carbonyl (C=O) groups excluding carboxylic acids is 1. The van der Waals surface area contributed by atoms with Crippen LogP contribution in [0.25, 0.3) is 11.0 Å². The molecular weight excluding hydrogens is 302 g/mol. The van der Waals surface area contributed by atoms with Crippen LogP contribution in [0.15, 0.2) is 54.6 Å². The SMILES string of the molecule is Cn1c(CCCNC(=O)C(O)c2ccccc2)nc2ccccc21. The minimum absolute atomic E-state index is 0.369. The molecule has 0 aliphatic rings. The first kappa shape index (κ1) is 16.2. The van der Waals surface area contributed by atoms with Crippen molar-refractivity contribution in [3.8, 4) is 0 Å². The van der Waals surface area contributed by atoms with Gasteiger partial charge in [0.2, 0.25) is 0 Å². The molecule has 0 fully saturated rings. The maximum absolute atomic E-state index is 12.0. The Morgan fingerprint density at radius 2 is 1.88 bits per heavy atom. The number of aryl methyl sites for hydroxylation is 2. The first-order chi connectivity index (χ1) is 11.7. The average molecular weight is 323 g/mol. The van der Waals surface area contributed by atoms with Crippen molar-refractivity contribution in [2.75, 3.05) is 6.54 Å². The molecule has 3 aromatic rings. The van der Waals surface area contributed by atoms with E-state index in [1.54, 1.807) is 24.3 Å². The number of aliphatic hydroxyl groups is 1. The van der Waals surface area contributed by atoms with Crippen molar-refractivity contribution in [1.82, 2.24) is 14.9 Å². The lowest BCUT2D eigenvalue weighted by atomic mass is 10.1. The number of nitrogens with one attached hydrogen (secondary N) is 1. The molecule has 5 heteroatoms. The highest BCUT2D eigenvalue weighted by Crippen LogP contribution is 2.15. The molecule has 2 aromatic carbocycles. The number of hydrogen-bond acceptors (Lipinski definition) is 3. The number of aromatic nitrogens is 2. The molecule has 0 radical (unpaired) electrons. The van der Waals surface area contributed by atoms with Crippen molar-refractivity contribution < 1.29 is 9.90 Å². The minimum atomic E-state index is -1.12. The fourth-order valence-electron chi connectivity index (χ4n) is 2.76. The molecule has 1 heterocycles. The van der Waals surface area contributed by atoms with Crippen LogP contribution in [0.3, 0.4) is 0 Å². The molecular formula is C19H21N3O2. The first-order valence-electron chi connectivity index (χ1n) is 8.08. The lowest BCUT2D eigenvalue weighted by molar-refractivity contribution is -0.129. The van der Waals surface area contributed by atoms with Crippen molar-refractivity contribution in [3.63, 3.8) is 0 Å². The number of nitrogens with zero attached hydrogens (tertiary/aromatic N) is 2. The molecule has 124 valence electrons. The zero-order valence-corrected chi connectivity index (χ0v) is 13.6. The van der Waals surface area contributed by atoms with E-state index in [2.05, 4.69) is 14.9 Å². The summed E-state index contributed by atoms with van der Waals surface area (Å²) in [7, 11) is 2.00. The normalized spacial score (nSPS) is 12.2. The van der Waals surface area contributed by atoms with Gasteiger partial charge < -0.3 is 15.0 Å². The van der Waals surface area contributed by atoms with Crippen molar-refractivity contribution in [1.29, 1.82) is 0 Å². The quantitative estimate of drug-likeness (QED) is 0.684. The lowest BCUT2D eigenvalue weighted by Gasteiger charge is -2.11. The summed E-state index contributed by atoms with van der Waals surface area (Å²) in [6, 6.07) is 17.0. The number of aliphatic hydroxyl groups excluding tert-OH is 1. The third-order valence-corrected chi connectivity index (χ3v) is 4.12. The molecule has 0 spiro atoms. The van der Waals surface area contributed by atoms with Gasteiger partial charge in [0, 0.05) is 20.0 Å². The van der Waals surface area contributed by atoms with Gasteiger partial charge in [-0.2, -0.15) is 0 Å². The second-order valence-corrected chi connectivity index (χ2v) is 5.78. The van der Waals surface area contributed by atoms with Crippen LogP contribution in [0.5, 0.6) is 0 Å². The molecule has 1 unspecified atom stereocenters. The molecule has 0 aliphatic heterocycles. The standard InChI is InChI=1S/C19H21N3O2/c1-22-16-11-6-5-10-15(16)21-17(22)12-7-13-20-19(24)18(23)14-8-3-2-4-9-14/h2-6,8-11,18,23H,7,12-13H2,1H3,(H,20,24). The summed E-state index contributed by atoms with van der Waals surface area (Å²) in [5.74, 6) is 0.625. The molecule has 5 nitrogen and oxygen atoms in total. The zero-order valence-electron chi connectivity index (χ0n) is 13.6. The fourth-order valence-corrected chi connectivity index (χ4v) is 2.76. The second kappa shape index (κ2) is 7.27. The van der Waals surface area contributed by atoms with Crippen molar-refractivity contribution in [3.05, 3.63) is 66.0 Å². The Balaban J connectivity index is 1.51. The van der Waals surface area contributed by atoms with Gasteiger partial charge in [0.15, 0.2) is 6.10 Å². The molecule has 2 N–H and O–H groups in total. The Bertz CT molecular complexity index is 827. The van der Waals surface area contributed by atoms with Gasteiger partial charge in [-0.3, -0.25) is 4.79 Å². The summed E-state index contributed by atoms with van der Waals surface area (Å²) >= 11 is 0. The predicted octanol–water partition coefficient (Wildman–Crippen LogP) is 2.36. The molecule has 0 aliphatic carbocycles. The third-order valence-electron chi connectivity index (χ3n) is 4.12. The van der Waals surface area contributed by atoms with E-state index in [0.29, 0.717) is 12.1 Å². The summed E-state index contributed by atoms with van der Waals surface area (Å²) in [4.78, 5) is 16.6. The molecule has 0 saturated carbocycles. The smallest absolute Gasteiger partial charge is 0.253 e. The van der Waals surface area contributed by atoms with E-state index >= 15 is 0 Å². The van der Waals surface area contributed by atoms with Gasteiger partial charge in [-0.15, -0.1) is 0 Å². The minimum Gasteiger partial charge on any atom is -0.378 e.